The van der Waals surface area contributed by atoms with Crippen LogP contribution in [0.5, 0.6) is 0 Å². The first kappa shape index (κ1) is 16.7. The van der Waals surface area contributed by atoms with E-state index in [-0.39, 0.29) is 12.3 Å². The number of nitrogens with one attached hydrogen (secondary N) is 1. The van der Waals surface area contributed by atoms with E-state index in [1.54, 1.807) is 0 Å². The molecule has 3 aromatic rings. The van der Waals surface area contributed by atoms with Crippen LogP contribution in [0.15, 0.2) is 72.8 Å². The van der Waals surface area contributed by atoms with Gasteiger partial charge >= 0.3 is 0 Å². The van der Waals surface area contributed by atoms with E-state index < -0.39 is 11.9 Å². The highest BCUT2D eigenvalue weighted by atomic mass is 16.2. The summed E-state index contributed by atoms with van der Waals surface area (Å²) in [5, 5.41) is 4.96. The SMILES string of the molecule is NC(=O)[C@@H](Cc1ccccc1)NC(=O)Cc1ccc2ccccc2c1. The zero-order chi connectivity index (χ0) is 17.6. The van der Waals surface area contributed by atoms with Crippen LogP contribution in [-0.4, -0.2) is 17.9 Å². The van der Waals surface area contributed by atoms with Gasteiger partial charge in [-0.15, -0.1) is 0 Å². The highest BCUT2D eigenvalue weighted by Gasteiger charge is 2.18. The minimum absolute atomic E-state index is 0.212. The van der Waals surface area contributed by atoms with Gasteiger partial charge in [0.2, 0.25) is 11.8 Å². The maximum Gasteiger partial charge on any atom is 0.240 e. The van der Waals surface area contributed by atoms with Crippen LogP contribution in [0, 0.1) is 0 Å². The molecule has 3 N–H and O–H groups in total. The van der Waals surface area contributed by atoms with Crippen LogP contribution in [0.4, 0.5) is 0 Å². The first-order chi connectivity index (χ1) is 12.1. The number of carbonyl (C=O) groups excluding carboxylic acids is 2. The molecular formula is C21H20N2O2. The second-order valence-corrected chi connectivity index (χ2v) is 6.07. The number of hydrogen-bond acceptors (Lipinski definition) is 2. The van der Waals surface area contributed by atoms with Gasteiger partial charge in [-0.05, 0) is 21.9 Å². The molecule has 0 heterocycles. The number of fused-ring (bicyclic) bond motifs is 1. The van der Waals surface area contributed by atoms with Crippen molar-refractivity contribution in [2.75, 3.05) is 0 Å². The monoisotopic (exact) mass is 332 g/mol. The Morgan fingerprint density at radius 1 is 0.840 bits per heavy atom. The Morgan fingerprint density at radius 2 is 1.52 bits per heavy atom. The lowest BCUT2D eigenvalue weighted by Crippen LogP contribution is -2.46. The average molecular weight is 332 g/mol. The fourth-order valence-corrected chi connectivity index (χ4v) is 2.85. The lowest BCUT2D eigenvalue weighted by Gasteiger charge is -2.16. The van der Waals surface area contributed by atoms with Crippen LogP contribution in [0.1, 0.15) is 11.1 Å². The van der Waals surface area contributed by atoms with Crippen molar-refractivity contribution in [3.05, 3.63) is 83.9 Å². The third-order valence-corrected chi connectivity index (χ3v) is 4.14. The van der Waals surface area contributed by atoms with E-state index in [1.165, 1.54) is 0 Å². The molecule has 126 valence electrons. The predicted octanol–water partition coefficient (Wildman–Crippen LogP) is 2.60. The number of hydrogen-bond donors (Lipinski definition) is 2. The van der Waals surface area contributed by atoms with Crippen molar-refractivity contribution in [1.82, 2.24) is 5.32 Å². The summed E-state index contributed by atoms with van der Waals surface area (Å²) in [4.78, 5) is 24.0. The normalized spacial score (nSPS) is 11.8. The zero-order valence-corrected chi connectivity index (χ0v) is 13.8. The molecule has 25 heavy (non-hydrogen) atoms. The molecule has 1 atom stereocenters. The van der Waals surface area contributed by atoms with E-state index in [0.717, 1.165) is 21.9 Å². The van der Waals surface area contributed by atoms with E-state index >= 15 is 0 Å². The third-order valence-electron chi connectivity index (χ3n) is 4.14. The van der Waals surface area contributed by atoms with E-state index in [9.17, 15) is 9.59 Å². The smallest absolute Gasteiger partial charge is 0.240 e. The van der Waals surface area contributed by atoms with Crippen LogP contribution in [0.25, 0.3) is 10.8 Å². The first-order valence-corrected chi connectivity index (χ1v) is 8.22. The van der Waals surface area contributed by atoms with Gasteiger partial charge < -0.3 is 11.1 Å². The van der Waals surface area contributed by atoms with Gasteiger partial charge in [0.25, 0.3) is 0 Å². The standard InChI is InChI=1S/C21H20N2O2/c22-21(25)19(13-15-6-2-1-3-7-15)23-20(24)14-16-10-11-17-8-4-5-9-18(17)12-16/h1-12,19H,13-14H2,(H2,22,25)(H,23,24)/t19-/m1/s1. The van der Waals surface area contributed by atoms with E-state index in [1.807, 2.05) is 72.8 Å². The maximum absolute atomic E-state index is 12.3. The van der Waals surface area contributed by atoms with Gasteiger partial charge in [-0.25, -0.2) is 0 Å². The number of primary amides is 1. The van der Waals surface area contributed by atoms with Crippen LogP contribution >= 0.6 is 0 Å². The van der Waals surface area contributed by atoms with Gasteiger partial charge in [-0.2, -0.15) is 0 Å². The van der Waals surface area contributed by atoms with Gasteiger partial charge in [0.15, 0.2) is 0 Å². The van der Waals surface area contributed by atoms with Crippen molar-refractivity contribution in [2.45, 2.75) is 18.9 Å². The Labute approximate surface area is 146 Å². The zero-order valence-electron chi connectivity index (χ0n) is 13.8. The predicted molar refractivity (Wildman–Crippen MR) is 98.9 cm³/mol. The lowest BCUT2D eigenvalue weighted by molar-refractivity contribution is -0.127. The first-order valence-electron chi connectivity index (χ1n) is 8.22. The van der Waals surface area contributed by atoms with Gasteiger partial charge in [-0.1, -0.05) is 72.8 Å². The van der Waals surface area contributed by atoms with Crippen LogP contribution in [0.3, 0.4) is 0 Å². The molecule has 0 saturated heterocycles. The summed E-state index contributed by atoms with van der Waals surface area (Å²) in [6.07, 6.45) is 0.600. The second kappa shape index (κ2) is 7.62. The average Bonchev–Trinajstić information content (AvgIpc) is 2.62. The molecule has 0 saturated carbocycles. The molecule has 0 radical (unpaired) electrons. The number of amides is 2. The molecular weight excluding hydrogens is 312 g/mol. The van der Waals surface area contributed by atoms with Crippen molar-refractivity contribution in [1.29, 1.82) is 0 Å². The minimum Gasteiger partial charge on any atom is -0.368 e. The molecule has 0 fully saturated rings. The highest BCUT2D eigenvalue weighted by Crippen LogP contribution is 2.16. The number of benzene rings is 3. The third kappa shape index (κ3) is 4.44. The molecule has 0 aliphatic rings. The van der Waals surface area contributed by atoms with E-state index in [0.29, 0.717) is 6.42 Å². The van der Waals surface area contributed by atoms with Crippen molar-refractivity contribution in [3.63, 3.8) is 0 Å². The molecule has 0 spiro atoms. The largest absolute Gasteiger partial charge is 0.368 e. The van der Waals surface area contributed by atoms with E-state index in [4.69, 9.17) is 5.73 Å². The fourth-order valence-electron chi connectivity index (χ4n) is 2.85. The summed E-state index contributed by atoms with van der Waals surface area (Å²) in [6.45, 7) is 0. The van der Waals surface area contributed by atoms with Crippen molar-refractivity contribution >= 4 is 22.6 Å². The Kier molecular flexibility index (Phi) is 5.09. The summed E-state index contributed by atoms with van der Waals surface area (Å²) in [5.74, 6) is -0.745. The van der Waals surface area contributed by atoms with Gasteiger partial charge in [-0.3, -0.25) is 9.59 Å². The van der Waals surface area contributed by atoms with Crippen molar-refractivity contribution < 1.29 is 9.59 Å². The lowest BCUT2D eigenvalue weighted by atomic mass is 10.0. The number of rotatable bonds is 6. The summed E-state index contributed by atoms with van der Waals surface area (Å²) in [7, 11) is 0. The molecule has 3 aromatic carbocycles. The second-order valence-electron chi connectivity index (χ2n) is 6.07. The molecule has 4 nitrogen and oxygen atoms in total. The molecule has 2 amide bonds. The van der Waals surface area contributed by atoms with Gasteiger partial charge in [0.1, 0.15) is 6.04 Å². The molecule has 0 aromatic heterocycles. The molecule has 0 unspecified atom stereocenters. The van der Waals surface area contributed by atoms with Gasteiger partial charge in [0.05, 0.1) is 6.42 Å². The molecule has 0 aliphatic carbocycles. The summed E-state index contributed by atoms with van der Waals surface area (Å²) < 4.78 is 0. The summed E-state index contributed by atoms with van der Waals surface area (Å²) >= 11 is 0. The molecule has 4 heteroatoms. The Hall–Kier alpha value is -3.14. The molecule has 0 bridgehead atoms. The molecule has 0 aliphatic heterocycles. The number of carbonyl (C=O) groups is 2. The van der Waals surface area contributed by atoms with Crippen molar-refractivity contribution in [3.8, 4) is 0 Å². The van der Waals surface area contributed by atoms with E-state index in [2.05, 4.69) is 5.32 Å². The Bertz CT molecular complexity index is 891. The maximum atomic E-state index is 12.3. The summed E-state index contributed by atoms with van der Waals surface area (Å²) in [6, 6.07) is 22.7. The Morgan fingerprint density at radius 3 is 2.24 bits per heavy atom. The van der Waals surface area contributed by atoms with Crippen LogP contribution in [-0.2, 0) is 22.4 Å². The highest BCUT2D eigenvalue weighted by molar-refractivity contribution is 5.89. The number of nitrogens with two attached hydrogens (primary N) is 1. The summed E-state index contributed by atoms with van der Waals surface area (Å²) in [5.41, 5.74) is 7.30. The topological polar surface area (TPSA) is 72.2 Å². The quantitative estimate of drug-likeness (QED) is 0.728. The minimum atomic E-state index is -0.713. The fraction of sp³-hybridized carbons (Fsp3) is 0.143. The van der Waals surface area contributed by atoms with Crippen LogP contribution in [0.2, 0.25) is 0 Å². The van der Waals surface area contributed by atoms with Crippen LogP contribution < -0.4 is 11.1 Å². The van der Waals surface area contributed by atoms with Crippen molar-refractivity contribution in [2.24, 2.45) is 5.73 Å². The van der Waals surface area contributed by atoms with Gasteiger partial charge in [0, 0.05) is 6.42 Å². The molecule has 3 rings (SSSR count). The Balaban J connectivity index is 1.67.